The molecule has 7 heteroatoms. The second-order valence-electron chi connectivity index (χ2n) is 5.92. The van der Waals surface area contributed by atoms with Gasteiger partial charge in [-0.25, -0.2) is 8.42 Å². The van der Waals surface area contributed by atoms with Crippen molar-refractivity contribution in [3.8, 4) is 5.75 Å². The van der Waals surface area contributed by atoms with E-state index in [1.807, 2.05) is 24.3 Å². The molecule has 140 valence electrons. The smallest absolute Gasteiger partial charge is 0.253 e. The molecule has 0 N–H and O–H groups in total. The molecule has 0 atom stereocenters. The van der Waals surface area contributed by atoms with Crippen LogP contribution in [0.15, 0.2) is 48.5 Å². The van der Waals surface area contributed by atoms with E-state index in [0.29, 0.717) is 17.8 Å². The first-order valence-corrected chi connectivity index (χ1v) is 9.84. The van der Waals surface area contributed by atoms with Crippen molar-refractivity contribution in [2.45, 2.75) is 13.5 Å². The molecule has 0 fully saturated rings. The first-order valence-electron chi connectivity index (χ1n) is 8.23. The van der Waals surface area contributed by atoms with Crippen LogP contribution in [0.5, 0.6) is 5.75 Å². The molecule has 0 radical (unpaired) electrons. The number of ether oxygens (including phenoxy) is 1. The maximum Gasteiger partial charge on any atom is 0.253 e. The Kier molecular flexibility index (Phi) is 6.26. The van der Waals surface area contributed by atoms with Crippen LogP contribution >= 0.6 is 0 Å². The maximum absolute atomic E-state index is 12.6. The highest BCUT2D eigenvalue weighted by Gasteiger charge is 2.17. The Labute approximate surface area is 155 Å². The second-order valence-corrected chi connectivity index (χ2v) is 8.21. The van der Waals surface area contributed by atoms with Crippen molar-refractivity contribution < 1.29 is 17.9 Å². The van der Waals surface area contributed by atoms with Gasteiger partial charge in [0.05, 0.1) is 18.6 Å². The summed E-state index contributed by atoms with van der Waals surface area (Å²) in [5, 5.41) is 0. The lowest BCUT2D eigenvalue weighted by Crippen LogP contribution is -2.28. The standard InChI is InChI=1S/C19H24N2O4S/c1-5-26(23,24)21(3)17-10-8-16(9-11-17)19(22)20(2)14-15-6-12-18(25-4)13-7-15/h6-13H,5,14H2,1-4H3. The van der Waals surface area contributed by atoms with Crippen LogP contribution in [0, 0.1) is 0 Å². The molecule has 0 aliphatic rings. The Hall–Kier alpha value is -2.54. The number of hydrogen-bond donors (Lipinski definition) is 0. The predicted molar refractivity (Wildman–Crippen MR) is 103 cm³/mol. The Morgan fingerprint density at radius 3 is 2.08 bits per heavy atom. The van der Waals surface area contributed by atoms with E-state index in [-0.39, 0.29) is 11.7 Å². The number of carbonyl (C=O) groups excluding carboxylic acids is 1. The molecular weight excluding hydrogens is 352 g/mol. The zero-order chi connectivity index (χ0) is 19.3. The Morgan fingerprint density at radius 2 is 1.58 bits per heavy atom. The van der Waals surface area contributed by atoms with E-state index < -0.39 is 10.0 Å². The molecule has 0 saturated heterocycles. The predicted octanol–water partition coefficient (Wildman–Crippen LogP) is 2.75. The van der Waals surface area contributed by atoms with Gasteiger partial charge in [-0.1, -0.05) is 12.1 Å². The minimum absolute atomic E-state index is 0.0226. The summed E-state index contributed by atoms with van der Waals surface area (Å²) < 4.78 is 30.2. The van der Waals surface area contributed by atoms with E-state index in [1.165, 1.54) is 11.4 Å². The number of amides is 1. The summed E-state index contributed by atoms with van der Waals surface area (Å²) >= 11 is 0. The molecule has 1 amide bonds. The van der Waals surface area contributed by atoms with E-state index in [1.54, 1.807) is 50.2 Å². The molecule has 0 aromatic heterocycles. The highest BCUT2D eigenvalue weighted by molar-refractivity contribution is 7.92. The first kappa shape index (κ1) is 19.8. The number of sulfonamides is 1. The highest BCUT2D eigenvalue weighted by Crippen LogP contribution is 2.19. The number of anilines is 1. The fourth-order valence-corrected chi connectivity index (χ4v) is 3.30. The Balaban J connectivity index is 2.08. The normalized spacial score (nSPS) is 11.1. The van der Waals surface area contributed by atoms with Crippen molar-refractivity contribution in [1.82, 2.24) is 4.90 Å². The van der Waals surface area contributed by atoms with E-state index in [0.717, 1.165) is 11.3 Å². The third kappa shape index (κ3) is 4.54. The summed E-state index contributed by atoms with van der Waals surface area (Å²) in [7, 11) is 1.52. The van der Waals surface area contributed by atoms with Gasteiger partial charge in [-0.05, 0) is 48.9 Å². The van der Waals surface area contributed by atoms with Gasteiger partial charge >= 0.3 is 0 Å². The summed E-state index contributed by atoms with van der Waals surface area (Å²) in [6, 6.07) is 14.1. The molecule has 2 rings (SSSR count). The van der Waals surface area contributed by atoms with Crippen LogP contribution in [0.25, 0.3) is 0 Å². The lowest BCUT2D eigenvalue weighted by Gasteiger charge is -2.20. The van der Waals surface area contributed by atoms with Gasteiger partial charge in [0.2, 0.25) is 10.0 Å². The van der Waals surface area contributed by atoms with Crippen molar-refractivity contribution in [3.05, 3.63) is 59.7 Å². The zero-order valence-electron chi connectivity index (χ0n) is 15.5. The molecule has 6 nitrogen and oxygen atoms in total. The minimum Gasteiger partial charge on any atom is -0.497 e. The third-order valence-electron chi connectivity index (χ3n) is 4.19. The van der Waals surface area contributed by atoms with Gasteiger partial charge in [0.15, 0.2) is 0 Å². The van der Waals surface area contributed by atoms with Crippen LogP contribution in [0.4, 0.5) is 5.69 Å². The van der Waals surface area contributed by atoms with Gasteiger partial charge in [0.25, 0.3) is 5.91 Å². The monoisotopic (exact) mass is 376 g/mol. The van der Waals surface area contributed by atoms with Crippen molar-refractivity contribution in [2.75, 3.05) is 31.3 Å². The molecule has 0 aliphatic carbocycles. The van der Waals surface area contributed by atoms with E-state index in [4.69, 9.17) is 4.74 Å². The van der Waals surface area contributed by atoms with Crippen LogP contribution < -0.4 is 9.04 Å². The molecule has 0 aliphatic heterocycles. The van der Waals surface area contributed by atoms with Crippen LogP contribution in [-0.4, -0.2) is 46.2 Å². The topological polar surface area (TPSA) is 66.9 Å². The fourth-order valence-electron chi connectivity index (χ4n) is 2.47. The number of carbonyl (C=O) groups is 1. The average molecular weight is 376 g/mol. The zero-order valence-corrected chi connectivity index (χ0v) is 16.3. The molecule has 2 aromatic carbocycles. The number of methoxy groups -OCH3 is 1. The summed E-state index contributed by atoms with van der Waals surface area (Å²) in [6.45, 7) is 2.06. The van der Waals surface area contributed by atoms with E-state index >= 15 is 0 Å². The number of benzene rings is 2. The minimum atomic E-state index is -3.32. The molecule has 2 aromatic rings. The van der Waals surface area contributed by atoms with Crippen LogP contribution in [0.1, 0.15) is 22.8 Å². The van der Waals surface area contributed by atoms with E-state index in [9.17, 15) is 13.2 Å². The van der Waals surface area contributed by atoms with Crippen molar-refractivity contribution in [1.29, 1.82) is 0 Å². The highest BCUT2D eigenvalue weighted by atomic mass is 32.2. The van der Waals surface area contributed by atoms with Gasteiger partial charge in [-0.2, -0.15) is 0 Å². The molecule has 0 spiro atoms. The molecule has 0 unspecified atom stereocenters. The molecule has 26 heavy (non-hydrogen) atoms. The Morgan fingerprint density at radius 1 is 1.00 bits per heavy atom. The molecule has 0 saturated carbocycles. The molecular formula is C19H24N2O4S. The summed E-state index contributed by atoms with van der Waals surface area (Å²) in [5.41, 5.74) is 2.03. The quantitative estimate of drug-likeness (QED) is 0.745. The summed E-state index contributed by atoms with van der Waals surface area (Å²) in [6.07, 6.45) is 0. The van der Waals surface area contributed by atoms with Gasteiger partial charge in [0, 0.05) is 26.2 Å². The fraction of sp³-hybridized carbons (Fsp3) is 0.316. The summed E-state index contributed by atoms with van der Waals surface area (Å²) in [5.74, 6) is 0.659. The third-order valence-corrected chi connectivity index (χ3v) is 5.96. The van der Waals surface area contributed by atoms with E-state index in [2.05, 4.69) is 0 Å². The lowest BCUT2D eigenvalue weighted by atomic mass is 10.1. The SMILES string of the molecule is CCS(=O)(=O)N(C)c1ccc(C(=O)N(C)Cc2ccc(OC)cc2)cc1. The lowest BCUT2D eigenvalue weighted by molar-refractivity contribution is 0.0785. The van der Waals surface area contributed by atoms with Crippen molar-refractivity contribution >= 4 is 21.6 Å². The van der Waals surface area contributed by atoms with Crippen molar-refractivity contribution in [2.24, 2.45) is 0 Å². The number of rotatable bonds is 7. The first-order chi connectivity index (χ1) is 12.3. The van der Waals surface area contributed by atoms with Gasteiger partial charge in [-0.15, -0.1) is 0 Å². The van der Waals surface area contributed by atoms with Gasteiger partial charge in [-0.3, -0.25) is 9.10 Å². The maximum atomic E-state index is 12.6. The molecule has 0 bridgehead atoms. The van der Waals surface area contributed by atoms with Crippen LogP contribution in [0.2, 0.25) is 0 Å². The van der Waals surface area contributed by atoms with Crippen LogP contribution in [-0.2, 0) is 16.6 Å². The van der Waals surface area contributed by atoms with Crippen molar-refractivity contribution in [3.63, 3.8) is 0 Å². The Bertz CT molecular complexity index is 846. The summed E-state index contributed by atoms with van der Waals surface area (Å²) in [4.78, 5) is 14.2. The number of nitrogens with zero attached hydrogens (tertiary/aromatic N) is 2. The second kappa shape index (κ2) is 8.23. The van der Waals surface area contributed by atoms with Gasteiger partial charge < -0.3 is 9.64 Å². The molecule has 0 heterocycles. The van der Waals surface area contributed by atoms with Gasteiger partial charge in [0.1, 0.15) is 5.75 Å². The average Bonchev–Trinajstić information content (AvgIpc) is 2.67. The largest absolute Gasteiger partial charge is 0.497 e. The number of hydrogen-bond acceptors (Lipinski definition) is 4. The van der Waals surface area contributed by atoms with Crippen LogP contribution in [0.3, 0.4) is 0 Å².